The van der Waals surface area contributed by atoms with Crippen LogP contribution in [0.4, 0.5) is 0 Å². The fourth-order valence-corrected chi connectivity index (χ4v) is 2.19. The van der Waals surface area contributed by atoms with Crippen LogP contribution >= 0.6 is 0 Å². The molecule has 1 N–H and O–H groups in total. The molecule has 0 bridgehead atoms. The first-order chi connectivity index (χ1) is 4.31. The zero-order valence-corrected chi connectivity index (χ0v) is 6.11. The normalized spacial score (nSPS) is 49.7. The largest absolute Gasteiger partial charge is 0.311 e. The molecule has 1 saturated heterocycles. The molecule has 2 rings (SSSR count). The average Bonchev–Trinajstić information content (AvgIpc) is 1.82. The van der Waals surface area contributed by atoms with Gasteiger partial charge in [0.15, 0.2) is 0 Å². The van der Waals surface area contributed by atoms with Gasteiger partial charge in [-0.3, -0.25) is 0 Å². The van der Waals surface area contributed by atoms with Gasteiger partial charge < -0.3 is 5.32 Å². The maximum atomic E-state index is 3.52. The minimum absolute atomic E-state index is 0.568. The first-order valence-corrected chi connectivity index (χ1v) is 4.06. The van der Waals surface area contributed by atoms with E-state index in [1.165, 1.54) is 32.2 Å². The summed E-state index contributed by atoms with van der Waals surface area (Å²) < 4.78 is 0. The maximum Gasteiger partial charge on any atom is 0.0193 e. The van der Waals surface area contributed by atoms with Crippen molar-refractivity contribution < 1.29 is 0 Å². The van der Waals surface area contributed by atoms with Gasteiger partial charge in [0.1, 0.15) is 0 Å². The van der Waals surface area contributed by atoms with E-state index in [1.807, 2.05) is 0 Å². The molecule has 52 valence electrons. The molecule has 1 saturated carbocycles. The Morgan fingerprint density at radius 2 is 2.33 bits per heavy atom. The fourth-order valence-electron chi connectivity index (χ4n) is 2.19. The third-order valence-corrected chi connectivity index (χ3v) is 3.15. The van der Waals surface area contributed by atoms with Crippen LogP contribution in [0.2, 0.25) is 0 Å². The summed E-state index contributed by atoms with van der Waals surface area (Å²) in [7, 11) is 0. The second kappa shape index (κ2) is 1.72. The Balaban J connectivity index is 2.05. The summed E-state index contributed by atoms with van der Waals surface area (Å²) in [4.78, 5) is 0. The lowest BCUT2D eigenvalue weighted by Gasteiger charge is -2.51. The van der Waals surface area contributed by atoms with Crippen LogP contribution < -0.4 is 5.32 Å². The molecule has 1 heterocycles. The van der Waals surface area contributed by atoms with Crippen molar-refractivity contribution in [3.63, 3.8) is 0 Å². The van der Waals surface area contributed by atoms with Gasteiger partial charge in [-0.1, -0.05) is 12.8 Å². The third kappa shape index (κ3) is 0.710. The third-order valence-electron chi connectivity index (χ3n) is 3.15. The molecular weight excluding hydrogens is 110 g/mol. The van der Waals surface area contributed by atoms with Crippen molar-refractivity contribution in [3.8, 4) is 0 Å². The van der Waals surface area contributed by atoms with E-state index in [0.29, 0.717) is 5.54 Å². The fraction of sp³-hybridized carbons (Fsp3) is 1.00. The van der Waals surface area contributed by atoms with E-state index in [1.54, 1.807) is 0 Å². The van der Waals surface area contributed by atoms with Crippen LogP contribution in [0, 0.1) is 5.92 Å². The van der Waals surface area contributed by atoms with Crippen molar-refractivity contribution in [1.29, 1.82) is 0 Å². The predicted octanol–water partition coefficient (Wildman–Crippen LogP) is 1.54. The highest BCUT2D eigenvalue weighted by atomic mass is 15.1. The highest BCUT2D eigenvalue weighted by Crippen LogP contribution is 2.38. The summed E-state index contributed by atoms with van der Waals surface area (Å²) in [5.41, 5.74) is 0.568. The van der Waals surface area contributed by atoms with Crippen molar-refractivity contribution >= 4 is 0 Å². The summed E-state index contributed by atoms with van der Waals surface area (Å²) in [5, 5.41) is 3.52. The second-order valence-electron chi connectivity index (χ2n) is 3.74. The van der Waals surface area contributed by atoms with Crippen LogP contribution in [0.25, 0.3) is 0 Å². The lowest BCUT2D eigenvalue weighted by atomic mass is 9.68. The predicted molar refractivity (Wildman–Crippen MR) is 38.4 cm³/mol. The van der Waals surface area contributed by atoms with Crippen molar-refractivity contribution in [2.45, 2.75) is 38.1 Å². The zero-order chi connectivity index (χ0) is 6.32. The van der Waals surface area contributed by atoms with Crippen molar-refractivity contribution in [1.82, 2.24) is 5.32 Å². The highest BCUT2D eigenvalue weighted by Gasteiger charge is 2.42. The van der Waals surface area contributed by atoms with E-state index in [-0.39, 0.29) is 0 Å². The molecule has 0 aromatic carbocycles. The molecule has 1 nitrogen and oxygen atoms in total. The number of fused-ring (bicyclic) bond motifs is 1. The quantitative estimate of drug-likeness (QED) is 0.518. The molecule has 0 aromatic rings. The van der Waals surface area contributed by atoms with Crippen molar-refractivity contribution in [3.05, 3.63) is 0 Å². The number of rotatable bonds is 0. The smallest absolute Gasteiger partial charge is 0.0193 e. The maximum absolute atomic E-state index is 3.52. The Morgan fingerprint density at radius 3 is 2.67 bits per heavy atom. The lowest BCUT2D eigenvalue weighted by Crippen LogP contribution is -2.64. The Kier molecular flexibility index (Phi) is 1.10. The molecule has 9 heavy (non-hydrogen) atoms. The first kappa shape index (κ1) is 5.72. The molecule has 2 fully saturated rings. The molecule has 1 heteroatoms. The first-order valence-electron chi connectivity index (χ1n) is 4.06. The van der Waals surface area contributed by atoms with Crippen LogP contribution in [-0.4, -0.2) is 12.1 Å². The van der Waals surface area contributed by atoms with Gasteiger partial charge in [0.05, 0.1) is 0 Å². The molecule has 2 aliphatic rings. The average molecular weight is 125 g/mol. The molecule has 0 spiro atoms. The van der Waals surface area contributed by atoms with Gasteiger partial charge in [-0.25, -0.2) is 0 Å². The molecule has 0 unspecified atom stereocenters. The van der Waals surface area contributed by atoms with Crippen LogP contribution in [0.3, 0.4) is 0 Å². The molecule has 0 radical (unpaired) electrons. The molecule has 0 aromatic heterocycles. The van der Waals surface area contributed by atoms with Gasteiger partial charge in [-0.2, -0.15) is 0 Å². The SMILES string of the molecule is C[C@]12CCCC[C@H]1CN2. The van der Waals surface area contributed by atoms with Crippen LogP contribution in [-0.2, 0) is 0 Å². The summed E-state index contributed by atoms with van der Waals surface area (Å²) in [5.74, 6) is 1.02. The molecule has 0 amide bonds. The second-order valence-corrected chi connectivity index (χ2v) is 3.74. The molecule has 1 aliphatic heterocycles. The summed E-state index contributed by atoms with van der Waals surface area (Å²) in [6, 6.07) is 0. The molecule has 1 aliphatic carbocycles. The van der Waals surface area contributed by atoms with Gasteiger partial charge in [0, 0.05) is 12.1 Å². The molecular formula is C8H15N. The highest BCUT2D eigenvalue weighted by molar-refractivity contribution is 5.02. The molecule has 2 atom stereocenters. The lowest BCUT2D eigenvalue weighted by molar-refractivity contribution is 0.0686. The van der Waals surface area contributed by atoms with E-state index in [2.05, 4.69) is 12.2 Å². The summed E-state index contributed by atoms with van der Waals surface area (Å²) in [6.45, 7) is 3.66. The van der Waals surface area contributed by atoms with E-state index >= 15 is 0 Å². The van der Waals surface area contributed by atoms with Crippen molar-refractivity contribution in [2.24, 2.45) is 5.92 Å². The number of hydrogen-bond acceptors (Lipinski definition) is 1. The van der Waals surface area contributed by atoms with Gasteiger partial charge in [-0.15, -0.1) is 0 Å². The monoisotopic (exact) mass is 125 g/mol. The van der Waals surface area contributed by atoms with E-state index in [9.17, 15) is 0 Å². The van der Waals surface area contributed by atoms with Gasteiger partial charge in [0.25, 0.3) is 0 Å². The van der Waals surface area contributed by atoms with E-state index in [0.717, 1.165) is 5.92 Å². The Labute approximate surface area is 56.8 Å². The summed E-state index contributed by atoms with van der Waals surface area (Å²) >= 11 is 0. The standard InChI is InChI=1S/C8H15N/c1-8-5-3-2-4-7(8)6-9-8/h7,9H,2-6H2,1H3/t7-,8-/m0/s1. The Hall–Kier alpha value is -0.0400. The van der Waals surface area contributed by atoms with Crippen LogP contribution in [0.15, 0.2) is 0 Å². The van der Waals surface area contributed by atoms with Crippen LogP contribution in [0.5, 0.6) is 0 Å². The van der Waals surface area contributed by atoms with Gasteiger partial charge in [-0.05, 0) is 25.7 Å². The number of nitrogens with one attached hydrogen (secondary N) is 1. The van der Waals surface area contributed by atoms with E-state index in [4.69, 9.17) is 0 Å². The zero-order valence-electron chi connectivity index (χ0n) is 6.11. The summed E-state index contributed by atoms with van der Waals surface area (Å²) in [6.07, 6.45) is 5.81. The minimum Gasteiger partial charge on any atom is -0.311 e. The van der Waals surface area contributed by atoms with Crippen molar-refractivity contribution in [2.75, 3.05) is 6.54 Å². The minimum atomic E-state index is 0.568. The Bertz CT molecular complexity index is 122. The number of hydrogen-bond donors (Lipinski definition) is 1. The van der Waals surface area contributed by atoms with Gasteiger partial charge >= 0.3 is 0 Å². The van der Waals surface area contributed by atoms with E-state index < -0.39 is 0 Å². The van der Waals surface area contributed by atoms with Crippen LogP contribution in [0.1, 0.15) is 32.6 Å². The Morgan fingerprint density at radius 1 is 1.44 bits per heavy atom. The van der Waals surface area contributed by atoms with Gasteiger partial charge in [0.2, 0.25) is 0 Å². The topological polar surface area (TPSA) is 12.0 Å².